The predicted molar refractivity (Wildman–Crippen MR) is 99.8 cm³/mol. The van der Waals surface area contributed by atoms with Crippen molar-refractivity contribution >= 4 is 21.6 Å². The summed E-state index contributed by atoms with van der Waals surface area (Å²) in [5.74, 6) is 0.655. The van der Waals surface area contributed by atoms with E-state index >= 15 is 0 Å². The number of hydrogen-bond donors (Lipinski definition) is 1. The van der Waals surface area contributed by atoms with Gasteiger partial charge in [0, 0.05) is 25.2 Å². The summed E-state index contributed by atoms with van der Waals surface area (Å²) < 4.78 is 32.5. The number of carbonyl (C=O) groups excluding carboxylic acids is 1. The molecule has 3 rings (SSSR count). The van der Waals surface area contributed by atoms with E-state index in [1.807, 2.05) is 19.1 Å². The third kappa shape index (κ3) is 4.05. The monoisotopic (exact) mass is 374 g/mol. The summed E-state index contributed by atoms with van der Waals surface area (Å²) >= 11 is 0. The van der Waals surface area contributed by atoms with Gasteiger partial charge in [-0.1, -0.05) is 17.7 Å². The lowest BCUT2D eigenvalue weighted by Gasteiger charge is -2.17. The molecule has 1 heterocycles. The Labute approximate surface area is 153 Å². The lowest BCUT2D eigenvalue weighted by molar-refractivity contribution is -0.117. The molecule has 0 aliphatic carbocycles. The van der Waals surface area contributed by atoms with Crippen molar-refractivity contribution in [3.05, 3.63) is 54.1 Å². The first-order valence-electron chi connectivity index (χ1n) is 8.40. The molecule has 0 unspecified atom stereocenters. The van der Waals surface area contributed by atoms with Gasteiger partial charge in [-0.3, -0.25) is 4.79 Å². The van der Waals surface area contributed by atoms with Gasteiger partial charge in [-0.2, -0.15) is 0 Å². The Balaban J connectivity index is 1.62. The van der Waals surface area contributed by atoms with Gasteiger partial charge in [-0.25, -0.2) is 13.1 Å². The first-order valence-corrected chi connectivity index (χ1v) is 9.88. The van der Waals surface area contributed by atoms with E-state index in [1.54, 1.807) is 48.4 Å². The van der Waals surface area contributed by atoms with E-state index in [1.165, 1.54) is 0 Å². The van der Waals surface area contributed by atoms with Gasteiger partial charge < -0.3 is 9.64 Å². The Hall–Kier alpha value is -2.38. The van der Waals surface area contributed by atoms with Gasteiger partial charge in [0.05, 0.1) is 12.0 Å². The minimum Gasteiger partial charge on any atom is -0.497 e. The largest absolute Gasteiger partial charge is 0.497 e. The highest BCUT2D eigenvalue weighted by Gasteiger charge is 2.31. The second-order valence-electron chi connectivity index (χ2n) is 6.44. The number of anilines is 1. The van der Waals surface area contributed by atoms with E-state index in [0.717, 1.165) is 17.0 Å². The number of hydrogen-bond acceptors (Lipinski definition) is 4. The quantitative estimate of drug-likeness (QED) is 0.842. The van der Waals surface area contributed by atoms with Gasteiger partial charge in [0.15, 0.2) is 0 Å². The number of ether oxygens (including phenoxy) is 1. The molecule has 6 nitrogen and oxygen atoms in total. The van der Waals surface area contributed by atoms with E-state index < -0.39 is 10.0 Å². The van der Waals surface area contributed by atoms with Crippen LogP contribution in [0.25, 0.3) is 0 Å². The van der Waals surface area contributed by atoms with Crippen molar-refractivity contribution in [1.82, 2.24) is 4.72 Å². The summed E-state index contributed by atoms with van der Waals surface area (Å²) in [4.78, 5) is 14.2. The Morgan fingerprint density at radius 3 is 2.38 bits per heavy atom. The Kier molecular flexibility index (Phi) is 5.29. The first kappa shape index (κ1) is 18.4. The normalized spacial score (nSPS) is 17.5. The van der Waals surface area contributed by atoms with E-state index in [2.05, 4.69) is 4.72 Å². The number of amides is 1. The molecule has 138 valence electrons. The van der Waals surface area contributed by atoms with Crippen LogP contribution >= 0.6 is 0 Å². The summed E-state index contributed by atoms with van der Waals surface area (Å²) in [7, 11) is -1.98. The highest BCUT2D eigenvalue weighted by molar-refractivity contribution is 7.89. The summed E-state index contributed by atoms with van der Waals surface area (Å²) in [6.07, 6.45) is 0.322. The molecule has 0 saturated carbocycles. The highest BCUT2D eigenvalue weighted by Crippen LogP contribution is 2.26. The van der Waals surface area contributed by atoms with Crippen molar-refractivity contribution in [2.45, 2.75) is 18.2 Å². The van der Waals surface area contributed by atoms with Crippen LogP contribution in [0.4, 0.5) is 5.69 Å². The molecule has 0 aromatic heterocycles. The van der Waals surface area contributed by atoms with E-state index in [4.69, 9.17) is 4.74 Å². The lowest BCUT2D eigenvalue weighted by atomic mass is 10.1. The zero-order valence-corrected chi connectivity index (χ0v) is 15.6. The summed E-state index contributed by atoms with van der Waals surface area (Å²) in [5.41, 5.74) is 1.79. The van der Waals surface area contributed by atoms with Gasteiger partial charge >= 0.3 is 0 Å². The van der Waals surface area contributed by atoms with Crippen molar-refractivity contribution in [3.63, 3.8) is 0 Å². The van der Waals surface area contributed by atoms with Crippen LogP contribution in [-0.2, 0) is 14.8 Å². The molecule has 0 spiro atoms. The maximum atomic E-state index is 12.4. The fourth-order valence-corrected chi connectivity index (χ4v) is 4.07. The molecule has 1 aliphatic heterocycles. The molecule has 2 aromatic rings. The van der Waals surface area contributed by atoms with Crippen LogP contribution in [-0.4, -0.2) is 34.5 Å². The number of nitrogens with one attached hydrogen (secondary N) is 1. The molecular formula is C19H22N2O4S. The van der Waals surface area contributed by atoms with Crippen molar-refractivity contribution < 1.29 is 17.9 Å². The third-order valence-electron chi connectivity index (χ3n) is 4.48. The Morgan fingerprint density at radius 1 is 1.12 bits per heavy atom. The molecule has 2 aromatic carbocycles. The zero-order chi connectivity index (χ0) is 18.7. The van der Waals surface area contributed by atoms with Crippen LogP contribution < -0.4 is 14.4 Å². The number of sulfonamides is 1. The van der Waals surface area contributed by atoms with E-state index in [-0.39, 0.29) is 23.3 Å². The fraction of sp³-hybridized carbons (Fsp3) is 0.316. The zero-order valence-electron chi connectivity index (χ0n) is 14.8. The van der Waals surface area contributed by atoms with Crippen LogP contribution in [0.15, 0.2) is 53.4 Å². The fourth-order valence-electron chi connectivity index (χ4n) is 2.96. The number of carbonyl (C=O) groups is 1. The first-order chi connectivity index (χ1) is 12.4. The van der Waals surface area contributed by atoms with Gasteiger partial charge in [-0.15, -0.1) is 0 Å². The van der Waals surface area contributed by atoms with Crippen LogP contribution in [0.2, 0.25) is 0 Å². The van der Waals surface area contributed by atoms with Crippen molar-refractivity contribution in [2.75, 3.05) is 25.1 Å². The number of nitrogens with zero attached hydrogens (tertiary/aromatic N) is 1. The second kappa shape index (κ2) is 7.47. The van der Waals surface area contributed by atoms with Gasteiger partial charge in [-0.05, 0) is 49.2 Å². The summed E-state index contributed by atoms with van der Waals surface area (Å²) in [6, 6.07) is 14.0. The number of aryl methyl sites for hydroxylation is 1. The molecule has 1 N–H and O–H groups in total. The second-order valence-corrected chi connectivity index (χ2v) is 8.20. The van der Waals surface area contributed by atoms with E-state index in [9.17, 15) is 13.2 Å². The molecule has 1 aliphatic rings. The molecule has 1 atom stereocenters. The van der Waals surface area contributed by atoms with Gasteiger partial charge in [0.25, 0.3) is 0 Å². The average Bonchev–Trinajstić information content (AvgIpc) is 3.01. The molecule has 0 radical (unpaired) electrons. The molecule has 26 heavy (non-hydrogen) atoms. The molecule has 0 bridgehead atoms. The van der Waals surface area contributed by atoms with E-state index in [0.29, 0.717) is 13.0 Å². The molecule has 1 amide bonds. The predicted octanol–water partition coefficient (Wildman–Crippen LogP) is 2.34. The smallest absolute Gasteiger partial charge is 0.240 e. The molecular weight excluding hydrogens is 352 g/mol. The minimum atomic E-state index is -3.57. The molecule has 1 fully saturated rings. The van der Waals surface area contributed by atoms with Crippen LogP contribution in [0.3, 0.4) is 0 Å². The summed E-state index contributed by atoms with van der Waals surface area (Å²) in [5, 5.41) is 0. The van der Waals surface area contributed by atoms with Crippen LogP contribution in [0, 0.1) is 12.8 Å². The lowest BCUT2D eigenvalue weighted by Crippen LogP contribution is -2.31. The standard InChI is InChI=1S/C19H22N2O4S/c1-14-3-9-18(10-4-14)26(23,24)20-12-15-11-19(22)21(13-15)16-5-7-17(25-2)8-6-16/h3-10,15,20H,11-13H2,1-2H3/t15-/m0/s1. The van der Waals surface area contributed by atoms with Gasteiger partial charge in [0.2, 0.25) is 15.9 Å². The van der Waals surface area contributed by atoms with Crippen LogP contribution in [0.5, 0.6) is 5.75 Å². The number of methoxy groups -OCH3 is 1. The summed E-state index contributed by atoms with van der Waals surface area (Å²) in [6.45, 7) is 2.62. The average molecular weight is 374 g/mol. The van der Waals surface area contributed by atoms with Crippen molar-refractivity contribution in [2.24, 2.45) is 5.92 Å². The molecule has 7 heteroatoms. The maximum absolute atomic E-state index is 12.4. The number of rotatable bonds is 6. The highest BCUT2D eigenvalue weighted by atomic mass is 32.2. The third-order valence-corrected chi connectivity index (χ3v) is 5.92. The van der Waals surface area contributed by atoms with Crippen LogP contribution in [0.1, 0.15) is 12.0 Å². The Morgan fingerprint density at radius 2 is 1.77 bits per heavy atom. The number of benzene rings is 2. The molecule has 1 saturated heterocycles. The van der Waals surface area contributed by atoms with Gasteiger partial charge in [0.1, 0.15) is 5.75 Å². The maximum Gasteiger partial charge on any atom is 0.240 e. The Bertz CT molecular complexity index is 877. The topological polar surface area (TPSA) is 75.7 Å². The van der Waals surface area contributed by atoms with Crippen molar-refractivity contribution in [3.8, 4) is 5.75 Å². The van der Waals surface area contributed by atoms with Crippen molar-refractivity contribution in [1.29, 1.82) is 0 Å². The minimum absolute atomic E-state index is 0.00491. The SMILES string of the molecule is COc1ccc(N2C[C@H](CNS(=O)(=O)c3ccc(C)cc3)CC2=O)cc1.